The van der Waals surface area contributed by atoms with Crippen LogP contribution < -0.4 is 10.2 Å². The number of nitrogens with zero attached hydrogens (tertiary/aromatic N) is 3. The maximum absolute atomic E-state index is 5.69. The lowest BCUT2D eigenvalue weighted by Crippen LogP contribution is -2.40. The Morgan fingerprint density at radius 3 is 2.93 bits per heavy atom. The van der Waals surface area contributed by atoms with Crippen molar-refractivity contribution in [3.05, 3.63) is 29.3 Å². The van der Waals surface area contributed by atoms with E-state index >= 15 is 0 Å². The van der Waals surface area contributed by atoms with Crippen molar-refractivity contribution in [3.8, 4) is 0 Å². The molecule has 2 aliphatic heterocycles. The molecule has 0 spiro atoms. The Morgan fingerprint density at radius 2 is 2.14 bits per heavy atom. The molecule has 6 nitrogen and oxygen atoms in total. The van der Waals surface area contributed by atoms with Crippen molar-refractivity contribution < 1.29 is 9.47 Å². The van der Waals surface area contributed by atoms with Crippen LogP contribution in [-0.2, 0) is 22.4 Å². The Kier molecular flexibility index (Phi) is 9.81. The second-order valence-corrected chi connectivity index (χ2v) is 7.56. The number of halogens is 1. The zero-order valence-corrected chi connectivity index (χ0v) is 19.8. The topological polar surface area (TPSA) is 49.3 Å². The van der Waals surface area contributed by atoms with Gasteiger partial charge in [0.25, 0.3) is 0 Å². The number of fused-ring (bicyclic) bond motifs is 1. The normalized spacial score (nSPS) is 19.4. The fourth-order valence-corrected chi connectivity index (χ4v) is 4.02. The predicted molar refractivity (Wildman–Crippen MR) is 126 cm³/mol. The van der Waals surface area contributed by atoms with Crippen molar-refractivity contribution in [1.82, 2.24) is 10.2 Å². The molecule has 1 aromatic rings. The van der Waals surface area contributed by atoms with Crippen molar-refractivity contribution in [3.63, 3.8) is 0 Å². The third kappa shape index (κ3) is 6.22. The van der Waals surface area contributed by atoms with E-state index in [-0.39, 0.29) is 24.0 Å². The van der Waals surface area contributed by atoms with Gasteiger partial charge in [-0.15, -0.1) is 24.0 Å². The van der Waals surface area contributed by atoms with Crippen molar-refractivity contribution in [1.29, 1.82) is 0 Å². The van der Waals surface area contributed by atoms with Crippen LogP contribution in [0.3, 0.4) is 0 Å². The molecule has 1 N–H and O–H groups in total. The van der Waals surface area contributed by atoms with Crippen LogP contribution >= 0.6 is 24.0 Å². The largest absolute Gasteiger partial charge is 0.382 e. The summed E-state index contributed by atoms with van der Waals surface area (Å²) >= 11 is 0. The number of anilines is 1. The third-order valence-electron chi connectivity index (χ3n) is 5.53. The van der Waals surface area contributed by atoms with Gasteiger partial charge in [0.05, 0.1) is 19.8 Å². The van der Waals surface area contributed by atoms with Crippen LogP contribution in [0.4, 0.5) is 5.69 Å². The highest BCUT2D eigenvalue weighted by molar-refractivity contribution is 14.0. The summed E-state index contributed by atoms with van der Waals surface area (Å²) in [4.78, 5) is 9.19. The Balaban J connectivity index is 0.00000280. The first-order valence-electron chi connectivity index (χ1n) is 10.1. The van der Waals surface area contributed by atoms with E-state index in [0.29, 0.717) is 19.1 Å². The first-order chi connectivity index (χ1) is 13.2. The van der Waals surface area contributed by atoms with E-state index in [4.69, 9.17) is 9.47 Å². The average molecular weight is 502 g/mol. The van der Waals surface area contributed by atoms with Crippen LogP contribution in [0, 0.1) is 5.92 Å². The fourth-order valence-electron chi connectivity index (χ4n) is 4.02. The zero-order chi connectivity index (χ0) is 19.1. The standard InChI is InChI=1S/C21H34N4O2.HI/c1-22-21(25-10-8-18(15-25)16-27-12-11-26-3)23-14-17-6-7-20-19(13-17)5-4-9-24(20)2;/h6-7,13,18H,4-5,8-12,14-16H2,1-3H3,(H,22,23);1H. The summed E-state index contributed by atoms with van der Waals surface area (Å²) in [5.41, 5.74) is 4.17. The molecule has 0 radical (unpaired) electrons. The highest BCUT2D eigenvalue weighted by Gasteiger charge is 2.25. The molecule has 0 bridgehead atoms. The van der Waals surface area contributed by atoms with Crippen LogP contribution in [0.1, 0.15) is 24.0 Å². The maximum atomic E-state index is 5.69. The monoisotopic (exact) mass is 502 g/mol. The lowest BCUT2D eigenvalue weighted by atomic mass is 9.99. The first kappa shape index (κ1) is 23.2. The molecule has 7 heteroatoms. The Labute approximate surface area is 186 Å². The second-order valence-electron chi connectivity index (χ2n) is 7.56. The molecular formula is C21H35IN4O2. The Morgan fingerprint density at radius 1 is 1.29 bits per heavy atom. The van der Waals surface area contributed by atoms with Gasteiger partial charge in [0, 0.05) is 59.0 Å². The van der Waals surface area contributed by atoms with E-state index in [9.17, 15) is 0 Å². The van der Waals surface area contributed by atoms with Crippen LogP contribution in [0.2, 0.25) is 0 Å². The number of hydrogen-bond acceptors (Lipinski definition) is 4. The summed E-state index contributed by atoms with van der Waals surface area (Å²) in [6.45, 7) is 6.14. The minimum Gasteiger partial charge on any atom is -0.382 e. The van der Waals surface area contributed by atoms with Gasteiger partial charge in [-0.3, -0.25) is 4.99 Å². The molecule has 1 saturated heterocycles. The number of hydrogen-bond donors (Lipinski definition) is 1. The summed E-state index contributed by atoms with van der Waals surface area (Å²) < 4.78 is 10.7. The summed E-state index contributed by atoms with van der Waals surface area (Å²) in [6, 6.07) is 6.84. The molecule has 1 atom stereocenters. The number of aryl methyl sites for hydroxylation is 1. The molecule has 0 amide bonds. The molecule has 0 saturated carbocycles. The van der Waals surface area contributed by atoms with E-state index in [1.165, 1.54) is 29.7 Å². The second kappa shape index (κ2) is 11.8. The number of ether oxygens (including phenoxy) is 2. The lowest BCUT2D eigenvalue weighted by molar-refractivity contribution is 0.0536. The molecule has 1 unspecified atom stereocenters. The number of methoxy groups -OCH3 is 1. The smallest absolute Gasteiger partial charge is 0.193 e. The number of benzene rings is 1. The zero-order valence-electron chi connectivity index (χ0n) is 17.4. The SMILES string of the molecule is CN=C(NCc1ccc2c(c1)CCCN2C)N1CCC(COCCOC)C1.I. The van der Waals surface area contributed by atoms with Gasteiger partial charge in [-0.25, -0.2) is 0 Å². The van der Waals surface area contributed by atoms with Crippen LogP contribution in [0.5, 0.6) is 0 Å². The van der Waals surface area contributed by atoms with Gasteiger partial charge in [0.1, 0.15) is 0 Å². The minimum absolute atomic E-state index is 0. The van der Waals surface area contributed by atoms with Gasteiger partial charge < -0.3 is 24.6 Å². The Bertz CT molecular complexity index is 641. The van der Waals surface area contributed by atoms with E-state index in [0.717, 1.165) is 45.2 Å². The van der Waals surface area contributed by atoms with Gasteiger partial charge in [-0.1, -0.05) is 12.1 Å². The summed E-state index contributed by atoms with van der Waals surface area (Å²) in [5.74, 6) is 1.56. The van der Waals surface area contributed by atoms with E-state index in [2.05, 4.69) is 45.4 Å². The third-order valence-corrected chi connectivity index (χ3v) is 5.53. The van der Waals surface area contributed by atoms with Crippen molar-refractivity contribution >= 4 is 35.6 Å². The van der Waals surface area contributed by atoms with Crippen LogP contribution in [0.15, 0.2) is 23.2 Å². The molecule has 2 heterocycles. The Hall–Kier alpha value is -1.06. The quantitative estimate of drug-likeness (QED) is 0.269. The molecule has 1 aromatic carbocycles. The molecule has 2 aliphatic rings. The number of likely N-dealkylation sites (tertiary alicyclic amines) is 1. The fraction of sp³-hybridized carbons (Fsp3) is 0.667. The molecule has 0 aromatic heterocycles. The van der Waals surface area contributed by atoms with Gasteiger partial charge in [-0.2, -0.15) is 0 Å². The molecule has 158 valence electrons. The van der Waals surface area contributed by atoms with Crippen molar-refractivity contribution in [2.24, 2.45) is 10.9 Å². The highest BCUT2D eigenvalue weighted by atomic mass is 127. The number of guanidine groups is 1. The van der Waals surface area contributed by atoms with Crippen LogP contribution in [-0.4, -0.2) is 71.5 Å². The van der Waals surface area contributed by atoms with Gasteiger partial charge in [0.2, 0.25) is 0 Å². The van der Waals surface area contributed by atoms with Gasteiger partial charge in [-0.05, 0) is 36.5 Å². The van der Waals surface area contributed by atoms with Crippen molar-refractivity contribution in [2.75, 3.05) is 65.6 Å². The molecule has 28 heavy (non-hydrogen) atoms. The van der Waals surface area contributed by atoms with Crippen molar-refractivity contribution in [2.45, 2.75) is 25.8 Å². The summed E-state index contributed by atoms with van der Waals surface area (Å²) in [6.07, 6.45) is 3.57. The van der Waals surface area contributed by atoms with E-state index < -0.39 is 0 Å². The lowest BCUT2D eigenvalue weighted by Gasteiger charge is -2.28. The molecular weight excluding hydrogens is 467 g/mol. The predicted octanol–water partition coefficient (Wildman–Crippen LogP) is 2.75. The molecule has 0 aliphatic carbocycles. The van der Waals surface area contributed by atoms with E-state index in [1.807, 2.05) is 7.05 Å². The number of nitrogens with one attached hydrogen (secondary N) is 1. The van der Waals surface area contributed by atoms with Gasteiger partial charge in [0.15, 0.2) is 5.96 Å². The number of aliphatic imine (C=N–C) groups is 1. The maximum Gasteiger partial charge on any atom is 0.193 e. The summed E-state index contributed by atoms with van der Waals surface area (Å²) in [7, 11) is 5.75. The molecule has 3 rings (SSSR count). The number of rotatable bonds is 7. The van der Waals surface area contributed by atoms with Crippen LogP contribution in [0.25, 0.3) is 0 Å². The highest BCUT2D eigenvalue weighted by Crippen LogP contribution is 2.26. The summed E-state index contributed by atoms with van der Waals surface area (Å²) in [5, 5.41) is 3.54. The first-order valence-corrected chi connectivity index (χ1v) is 10.1. The molecule has 1 fully saturated rings. The minimum atomic E-state index is 0. The van der Waals surface area contributed by atoms with Gasteiger partial charge >= 0.3 is 0 Å². The average Bonchev–Trinajstić information content (AvgIpc) is 3.15. The van der Waals surface area contributed by atoms with E-state index in [1.54, 1.807) is 7.11 Å².